The first-order valence-corrected chi connectivity index (χ1v) is 8.19. The summed E-state index contributed by atoms with van der Waals surface area (Å²) in [4.78, 5) is 23.7. The van der Waals surface area contributed by atoms with Crippen LogP contribution in [0.4, 0.5) is 0 Å². The first-order valence-electron chi connectivity index (χ1n) is 8.19. The molecule has 3 rings (SSSR count). The van der Waals surface area contributed by atoms with E-state index < -0.39 is 11.9 Å². The molecular formula is C20H20N2O3. The Morgan fingerprint density at radius 3 is 2.76 bits per heavy atom. The third-order valence-electron chi connectivity index (χ3n) is 4.08. The van der Waals surface area contributed by atoms with Crippen molar-refractivity contribution in [3.8, 4) is 5.75 Å². The van der Waals surface area contributed by atoms with E-state index in [0.717, 1.165) is 28.9 Å². The topological polar surface area (TPSA) is 81.4 Å². The molecule has 0 unspecified atom stereocenters. The zero-order valence-corrected chi connectivity index (χ0v) is 13.8. The summed E-state index contributed by atoms with van der Waals surface area (Å²) in [6.45, 7) is 0.697. The van der Waals surface area contributed by atoms with Gasteiger partial charge in [0.2, 0.25) is 11.8 Å². The van der Waals surface area contributed by atoms with E-state index in [1.54, 1.807) is 6.08 Å². The Morgan fingerprint density at radius 1 is 1.20 bits per heavy atom. The van der Waals surface area contributed by atoms with E-state index in [-0.39, 0.29) is 5.91 Å². The van der Waals surface area contributed by atoms with E-state index in [1.165, 1.54) is 6.08 Å². The first kappa shape index (κ1) is 16.8. The van der Waals surface area contributed by atoms with Gasteiger partial charge in [0.15, 0.2) is 0 Å². The highest BCUT2D eigenvalue weighted by atomic mass is 16.5. The van der Waals surface area contributed by atoms with Crippen molar-refractivity contribution < 1.29 is 14.3 Å². The molecule has 1 atom stereocenters. The molecule has 128 valence electrons. The van der Waals surface area contributed by atoms with Crippen LogP contribution < -0.4 is 15.8 Å². The molecule has 5 nitrogen and oxygen atoms in total. The first-order chi connectivity index (χ1) is 12.1. The highest BCUT2D eigenvalue weighted by molar-refractivity contribution is 5.95. The van der Waals surface area contributed by atoms with Crippen LogP contribution in [0.3, 0.4) is 0 Å². The third-order valence-corrected chi connectivity index (χ3v) is 4.08. The highest BCUT2D eigenvalue weighted by Gasteiger charge is 2.17. The number of nitrogens with two attached hydrogens (primary N) is 1. The standard InChI is InChI=1S/C20H20N2O3/c21-20(24)17(13-14-4-2-1-3-5-14)22-19(23)9-7-15-6-8-18-16(12-15)10-11-25-18/h1-9,12,17H,10-11,13H2,(H2,21,24)(H,22,23)/b9-7-/t17-/m0/s1. The number of rotatable bonds is 6. The molecule has 5 heteroatoms. The number of primary amides is 1. The molecule has 0 aliphatic carbocycles. The van der Waals surface area contributed by atoms with Crippen LogP contribution in [-0.2, 0) is 22.4 Å². The largest absolute Gasteiger partial charge is 0.493 e. The molecule has 0 saturated heterocycles. The Hall–Kier alpha value is -3.08. The maximum atomic E-state index is 12.1. The number of fused-ring (bicyclic) bond motifs is 1. The van der Waals surface area contributed by atoms with Gasteiger partial charge in [-0.05, 0) is 34.9 Å². The van der Waals surface area contributed by atoms with Crippen LogP contribution in [0.2, 0.25) is 0 Å². The fourth-order valence-electron chi connectivity index (χ4n) is 2.77. The van der Waals surface area contributed by atoms with Crippen molar-refractivity contribution in [1.82, 2.24) is 5.32 Å². The van der Waals surface area contributed by atoms with Crippen molar-refractivity contribution in [3.05, 3.63) is 71.3 Å². The Kier molecular flexibility index (Phi) is 5.14. The molecule has 1 heterocycles. The number of carbonyl (C=O) groups excluding carboxylic acids is 2. The fourth-order valence-corrected chi connectivity index (χ4v) is 2.77. The smallest absolute Gasteiger partial charge is 0.244 e. The molecule has 2 aromatic rings. The molecule has 2 amide bonds. The summed E-state index contributed by atoms with van der Waals surface area (Å²) in [5.74, 6) is -0.00461. The second kappa shape index (κ2) is 7.66. The lowest BCUT2D eigenvalue weighted by atomic mass is 10.1. The number of carbonyl (C=O) groups is 2. The minimum atomic E-state index is -0.743. The molecule has 0 aromatic heterocycles. The molecule has 0 radical (unpaired) electrons. The molecule has 3 N–H and O–H groups in total. The summed E-state index contributed by atoms with van der Waals surface area (Å²) in [5, 5.41) is 2.66. The lowest BCUT2D eigenvalue weighted by Crippen LogP contribution is -2.45. The SMILES string of the molecule is NC(=O)[C@H](Cc1ccccc1)NC(=O)/C=C\c1ccc2c(c1)CCO2. The van der Waals surface area contributed by atoms with Crippen molar-refractivity contribution in [2.45, 2.75) is 18.9 Å². The van der Waals surface area contributed by atoms with Gasteiger partial charge in [0.25, 0.3) is 0 Å². The fraction of sp³-hybridized carbons (Fsp3) is 0.200. The van der Waals surface area contributed by atoms with Gasteiger partial charge in [-0.2, -0.15) is 0 Å². The van der Waals surface area contributed by atoms with E-state index in [2.05, 4.69) is 5.32 Å². The van der Waals surface area contributed by atoms with Gasteiger partial charge in [-0.3, -0.25) is 9.59 Å². The quantitative estimate of drug-likeness (QED) is 0.790. The number of ether oxygens (including phenoxy) is 1. The Morgan fingerprint density at radius 2 is 2.00 bits per heavy atom. The maximum absolute atomic E-state index is 12.1. The van der Waals surface area contributed by atoms with Crippen molar-refractivity contribution >= 4 is 17.9 Å². The van der Waals surface area contributed by atoms with Crippen LogP contribution in [0.15, 0.2) is 54.6 Å². The minimum Gasteiger partial charge on any atom is -0.493 e. The molecule has 25 heavy (non-hydrogen) atoms. The average Bonchev–Trinajstić information content (AvgIpc) is 3.08. The highest BCUT2D eigenvalue weighted by Crippen LogP contribution is 2.26. The van der Waals surface area contributed by atoms with Crippen molar-refractivity contribution in [1.29, 1.82) is 0 Å². The third kappa shape index (κ3) is 4.47. The van der Waals surface area contributed by atoms with Gasteiger partial charge < -0.3 is 15.8 Å². The van der Waals surface area contributed by atoms with Crippen LogP contribution in [0, 0.1) is 0 Å². The molecule has 1 aliphatic heterocycles. The monoisotopic (exact) mass is 336 g/mol. The predicted octanol–water partition coefficient (Wildman–Crippen LogP) is 1.85. The van der Waals surface area contributed by atoms with E-state index in [4.69, 9.17) is 10.5 Å². The molecule has 1 aliphatic rings. The number of benzene rings is 2. The van der Waals surface area contributed by atoms with E-state index in [1.807, 2.05) is 48.5 Å². The maximum Gasteiger partial charge on any atom is 0.244 e. The summed E-state index contributed by atoms with van der Waals surface area (Å²) in [6, 6.07) is 14.5. The Labute approximate surface area is 146 Å². The lowest BCUT2D eigenvalue weighted by Gasteiger charge is -2.14. The van der Waals surface area contributed by atoms with Crippen LogP contribution in [0.25, 0.3) is 6.08 Å². The summed E-state index contributed by atoms with van der Waals surface area (Å²) in [6.07, 6.45) is 4.38. The molecular weight excluding hydrogens is 316 g/mol. The van der Waals surface area contributed by atoms with Crippen LogP contribution in [0.1, 0.15) is 16.7 Å². The van der Waals surface area contributed by atoms with E-state index in [0.29, 0.717) is 13.0 Å². The van der Waals surface area contributed by atoms with Gasteiger partial charge in [0, 0.05) is 18.9 Å². The molecule has 0 spiro atoms. The number of hydrogen-bond acceptors (Lipinski definition) is 3. The van der Waals surface area contributed by atoms with Gasteiger partial charge in [0.05, 0.1) is 6.61 Å². The van der Waals surface area contributed by atoms with E-state index >= 15 is 0 Å². The summed E-state index contributed by atoms with van der Waals surface area (Å²) >= 11 is 0. The van der Waals surface area contributed by atoms with E-state index in [9.17, 15) is 9.59 Å². The van der Waals surface area contributed by atoms with Gasteiger partial charge in [-0.15, -0.1) is 0 Å². The predicted molar refractivity (Wildman–Crippen MR) is 95.9 cm³/mol. The Bertz CT molecular complexity index is 800. The normalized spacial score (nSPS) is 13.9. The zero-order valence-electron chi connectivity index (χ0n) is 13.8. The van der Waals surface area contributed by atoms with Crippen LogP contribution in [-0.4, -0.2) is 24.5 Å². The van der Waals surface area contributed by atoms with Crippen LogP contribution in [0.5, 0.6) is 5.75 Å². The molecule has 0 saturated carbocycles. The number of nitrogens with one attached hydrogen (secondary N) is 1. The summed E-state index contributed by atoms with van der Waals surface area (Å²) < 4.78 is 5.46. The zero-order chi connectivity index (χ0) is 17.6. The van der Waals surface area contributed by atoms with Crippen LogP contribution >= 0.6 is 0 Å². The van der Waals surface area contributed by atoms with Crippen molar-refractivity contribution in [2.75, 3.05) is 6.61 Å². The second-order valence-corrected chi connectivity index (χ2v) is 5.95. The summed E-state index contributed by atoms with van der Waals surface area (Å²) in [5.41, 5.74) is 8.40. The average molecular weight is 336 g/mol. The van der Waals surface area contributed by atoms with Crippen molar-refractivity contribution in [3.63, 3.8) is 0 Å². The number of amides is 2. The molecule has 2 aromatic carbocycles. The lowest BCUT2D eigenvalue weighted by molar-refractivity contribution is -0.124. The minimum absolute atomic E-state index is 0.350. The van der Waals surface area contributed by atoms with Gasteiger partial charge in [-0.1, -0.05) is 36.4 Å². The molecule has 0 bridgehead atoms. The van der Waals surface area contributed by atoms with Gasteiger partial charge >= 0.3 is 0 Å². The van der Waals surface area contributed by atoms with Gasteiger partial charge in [0.1, 0.15) is 11.8 Å². The number of hydrogen-bond donors (Lipinski definition) is 2. The van der Waals surface area contributed by atoms with Crippen molar-refractivity contribution in [2.24, 2.45) is 5.73 Å². The summed E-state index contributed by atoms with van der Waals surface area (Å²) in [7, 11) is 0. The molecule has 0 fully saturated rings. The second-order valence-electron chi connectivity index (χ2n) is 5.95. The van der Waals surface area contributed by atoms with Gasteiger partial charge in [-0.25, -0.2) is 0 Å². The Balaban J connectivity index is 1.62.